The normalized spacial score (nSPS) is 29.6. The topological polar surface area (TPSA) is 12.0 Å². The Bertz CT molecular complexity index is 308. The van der Waals surface area contributed by atoms with Gasteiger partial charge >= 0.3 is 0 Å². The van der Waals surface area contributed by atoms with Gasteiger partial charge in [0.2, 0.25) is 0 Å². The number of piperidine rings is 1. The van der Waals surface area contributed by atoms with Gasteiger partial charge in [-0.3, -0.25) is 0 Å². The van der Waals surface area contributed by atoms with E-state index in [9.17, 15) is 8.78 Å². The molecule has 0 bridgehead atoms. The molecule has 3 heteroatoms. The van der Waals surface area contributed by atoms with Crippen LogP contribution in [0.3, 0.4) is 0 Å². The van der Waals surface area contributed by atoms with Crippen molar-refractivity contribution in [3.63, 3.8) is 0 Å². The molecule has 0 radical (unpaired) electrons. The highest BCUT2D eigenvalue weighted by Crippen LogP contribution is 2.45. The van der Waals surface area contributed by atoms with Gasteiger partial charge in [0, 0.05) is 12.3 Å². The highest BCUT2D eigenvalue weighted by molar-refractivity contribution is 4.86. The van der Waals surface area contributed by atoms with Crippen LogP contribution in [-0.2, 0) is 0 Å². The van der Waals surface area contributed by atoms with Crippen molar-refractivity contribution in [1.29, 1.82) is 0 Å². The predicted molar refractivity (Wildman–Crippen MR) is 84.7 cm³/mol. The summed E-state index contributed by atoms with van der Waals surface area (Å²) < 4.78 is 28.8. The van der Waals surface area contributed by atoms with Crippen molar-refractivity contribution < 1.29 is 8.78 Å². The van der Waals surface area contributed by atoms with Gasteiger partial charge in [0.05, 0.1) is 0 Å². The first-order chi connectivity index (χ1) is 9.76. The molecule has 0 aromatic heterocycles. The summed E-state index contributed by atoms with van der Waals surface area (Å²) in [7, 11) is 0. The summed E-state index contributed by atoms with van der Waals surface area (Å²) >= 11 is 0. The molecule has 1 saturated heterocycles. The van der Waals surface area contributed by atoms with Crippen LogP contribution in [0.25, 0.3) is 0 Å². The average Bonchev–Trinajstić information content (AvgIpc) is 2.38. The SMILES string of the molecule is CC(C)(C)CC(F)(F)C1CCC(CC2CCNCC2)CC1. The molecular formula is C18H33F2N. The Labute approximate surface area is 129 Å². The Kier molecular flexibility index (Phi) is 5.67. The smallest absolute Gasteiger partial charge is 0.251 e. The molecule has 124 valence electrons. The molecule has 1 N–H and O–H groups in total. The molecule has 1 saturated carbocycles. The van der Waals surface area contributed by atoms with Crippen molar-refractivity contribution in [1.82, 2.24) is 5.32 Å². The van der Waals surface area contributed by atoms with E-state index in [4.69, 9.17) is 0 Å². The van der Waals surface area contributed by atoms with Crippen molar-refractivity contribution in [2.75, 3.05) is 13.1 Å². The molecule has 0 aromatic carbocycles. The maximum atomic E-state index is 14.4. The number of hydrogen-bond acceptors (Lipinski definition) is 1. The van der Waals surface area contributed by atoms with Gasteiger partial charge in [0.15, 0.2) is 0 Å². The zero-order chi connectivity index (χ0) is 15.5. The lowest BCUT2D eigenvalue weighted by Crippen LogP contribution is -2.36. The maximum absolute atomic E-state index is 14.4. The number of hydrogen-bond donors (Lipinski definition) is 1. The zero-order valence-corrected chi connectivity index (χ0v) is 14.1. The average molecular weight is 301 g/mol. The first-order valence-corrected chi connectivity index (χ1v) is 8.85. The molecule has 2 aliphatic rings. The minimum Gasteiger partial charge on any atom is -0.317 e. The van der Waals surface area contributed by atoms with Crippen LogP contribution in [0.2, 0.25) is 0 Å². The lowest BCUT2D eigenvalue weighted by molar-refractivity contribution is -0.102. The minimum atomic E-state index is -2.47. The molecule has 0 atom stereocenters. The van der Waals surface area contributed by atoms with Crippen LogP contribution in [0, 0.1) is 23.2 Å². The van der Waals surface area contributed by atoms with Crippen molar-refractivity contribution in [3.05, 3.63) is 0 Å². The lowest BCUT2D eigenvalue weighted by Gasteiger charge is -2.37. The molecule has 0 amide bonds. The van der Waals surface area contributed by atoms with E-state index in [0.717, 1.165) is 44.7 Å². The predicted octanol–water partition coefficient (Wildman–Crippen LogP) is 5.25. The monoisotopic (exact) mass is 301 g/mol. The number of halogens is 2. The fourth-order valence-electron chi connectivity index (χ4n) is 4.26. The van der Waals surface area contributed by atoms with Crippen molar-refractivity contribution in [2.45, 2.75) is 78.1 Å². The fourth-order valence-corrected chi connectivity index (χ4v) is 4.26. The molecule has 1 aliphatic carbocycles. The van der Waals surface area contributed by atoms with E-state index in [2.05, 4.69) is 5.32 Å². The Morgan fingerprint density at radius 1 is 0.857 bits per heavy atom. The Morgan fingerprint density at radius 2 is 1.38 bits per heavy atom. The highest BCUT2D eigenvalue weighted by atomic mass is 19.3. The molecule has 0 spiro atoms. The van der Waals surface area contributed by atoms with E-state index >= 15 is 0 Å². The van der Waals surface area contributed by atoms with Crippen molar-refractivity contribution in [2.24, 2.45) is 23.2 Å². The Balaban J connectivity index is 1.77. The van der Waals surface area contributed by atoms with Crippen LogP contribution in [-0.4, -0.2) is 19.0 Å². The van der Waals surface area contributed by atoms with Gasteiger partial charge in [-0.1, -0.05) is 20.8 Å². The highest BCUT2D eigenvalue weighted by Gasteiger charge is 2.43. The molecule has 0 unspecified atom stereocenters. The second kappa shape index (κ2) is 6.93. The third kappa shape index (κ3) is 5.50. The van der Waals surface area contributed by atoms with E-state index in [0.29, 0.717) is 5.92 Å². The summed E-state index contributed by atoms with van der Waals surface area (Å²) in [5.41, 5.74) is -0.282. The summed E-state index contributed by atoms with van der Waals surface area (Å²) in [5.74, 6) is -1.31. The summed E-state index contributed by atoms with van der Waals surface area (Å²) in [6.45, 7) is 8.05. The quantitative estimate of drug-likeness (QED) is 0.747. The Hall–Kier alpha value is -0.180. The van der Waals surface area contributed by atoms with Crippen LogP contribution in [0.1, 0.15) is 72.1 Å². The van der Waals surface area contributed by atoms with Gasteiger partial charge in [-0.25, -0.2) is 8.78 Å². The van der Waals surface area contributed by atoms with E-state index < -0.39 is 5.92 Å². The first kappa shape index (κ1) is 17.2. The molecule has 1 aliphatic heterocycles. The second-order valence-electron chi connectivity index (χ2n) is 8.65. The number of alkyl halides is 2. The van der Waals surface area contributed by atoms with Crippen LogP contribution < -0.4 is 5.32 Å². The molecular weight excluding hydrogens is 268 g/mol. The third-order valence-corrected chi connectivity index (χ3v) is 5.34. The van der Waals surface area contributed by atoms with Gasteiger partial charge in [0.1, 0.15) is 0 Å². The molecule has 1 nitrogen and oxygen atoms in total. The van der Waals surface area contributed by atoms with Crippen molar-refractivity contribution in [3.8, 4) is 0 Å². The van der Waals surface area contributed by atoms with Crippen molar-refractivity contribution >= 4 is 0 Å². The molecule has 21 heavy (non-hydrogen) atoms. The van der Waals surface area contributed by atoms with Crippen LogP contribution in [0.5, 0.6) is 0 Å². The van der Waals surface area contributed by atoms with Gasteiger partial charge in [-0.2, -0.15) is 0 Å². The Morgan fingerprint density at radius 3 is 1.90 bits per heavy atom. The van der Waals surface area contributed by atoms with Crippen LogP contribution >= 0.6 is 0 Å². The lowest BCUT2D eigenvalue weighted by atomic mass is 9.72. The van der Waals surface area contributed by atoms with E-state index in [-0.39, 0.29) is 17.8 Å². The third-order valence-electron chi connectivity index (χ3n) is 5.34. The van der Waals surface area contributed by atoms with Gasteiger partial charge in [0.25, 0.3) is 5.92 Å². The first-order valence-electron chi connectivity index (χ1n) is 8.85. The van der Waals surface area contributed by atoms with E-state index in [1.165, 1.54) is 19.3 Å². The summed E-state index contributed by atoms with van der Waals surface area (Å²) in [4.78, 5) is 0. The van der Waals surface area contributed by atoms with Crippen LogP contribution in [0.15, 0.2) is 0 Å². The van der Waals surface area contributed by atoms with Crippen LogP contribution in [0.4, 0.5) is 8.78 Å². The standard InChI is InChI=1S/C18H33F2N/c1-17(2,3)13-18(19,20)16-6-4-14(5-7-16)12-15-8-10-21-11-9-15/h14-16,21H,4-13H2,1-3H3. The fraction of sp³-hybridized carbons (Fsp3) is 1.00. The van der Waals surface area contributed by atoms with Gasteiger partial charge in [-0.05, 0) is 75.3 Å². The maximum Gasteiger partial charge on any atom is 0.251 e. The molecule has 2 rings (SSSR count). The summed E-state index contributed by atoms with van der Waals surface area (Å²) in [6, 6.07) is 0. The summed E-state index contributed by atoms with van der Waals surface area (Å²) in [5, 5.41) is 3.40. The molecule has 1 heterocycles. The molecule has 0 aromatic rings. The number of rotatable bonds is 4. The largest absolute Gasteiger partial charge is 0.317 e. The second-order valence-corrected chi connectivity index (χ2v) is 8.65. The zero-order valence-electron chi connectivity index (χ0n) is 14.1. The van der Waals surface area contributed by atoms with E-state index in [1.807, 2.05) is 20.8 Å². The minimum absolute atomic E-state index is 0.0314. The van der Waals surface area contributed by atoms with E-state index in [1.54, 1.807) is 0 Å². The molecule has 2 fully saturated rings. The van der Waals surface area contributed by atoms with Gasteiger partial charge < -0.3 is 5.32 Å². The van der Waals surface area contributed by atoms with Gasteiger partial charge in [-0.15, -0.1) is 0 Å². The number of nitrogens with one attached hydrogen (secondary N) is 1. The summed E-state index contributed by atoms with van der Waals surface area (Å²) in [6.07, 6.45) is 7.38.